The molecule has 0 saturated heterocycles. The Morgan fingerprint density at radius 2 is 1.80 bits per heavy atom. The van der Waals surface area contributed by atoms with E-state index in [0.29, 0.717) is 6.54 Å². The molecule has 0 fully saturated rings. The first-order valence-corrected chi connectivity index (χ1v) is 8.83. The van der Waals surface area contributed by atoms with E-state index in [-0.39, 0.29) is 31.3 Å². The lowest BCUT2D eigenvalue weighted by Crippen LogP contribution is -2.48. The summed E-state index contributed by atoms with van der Waals surface area (Å²) in [4.78, 5) is 36.2. The number of rotatable bonds is 11. The lowest BCUT2D eigenvalue weighted by Gasteiger charge is -2.18. The van der Waals surface area contributed by atoms with Crippen LogP contribution in [0.4, 0.5) is 0 Å². The smallest absolute Gasteiger partial charge is 0.308 e. The summed E-state index contributed by atoms with van der Waals surface area (Å²) < 4.78 is 4.90. The highest BCUT2D eigenvalue weighted by Gasteiger charge is 2.24. The summed E-state index contributed by atoms with van der Waals surface area (Å²) in [5.74, 6) is -1.16. The molecule has 0 aromatic heterocycles. The van der Waals surface area contributed by atoms with Gasteiger partial charge in [0, 0.05) is 6.54 Å². The first-order chi connectivity index (χ1) is 12.1. The minimum Gasteiger partial charge on any atom is -0.466 e. The summed E-state index contributed by atoms with van der Waals surface area (Å²) in [5.41, 5.74) is 0.846. The van der Waals surface area contributed by atoms with E-state index in [1.54, 1.807) is 6.92 Å². The summed E-state index contributed by atoms with van der Waals surface area (Å²) in [6.07, 6.45) is 2.92. The van der Waals surface area contributed by atoms with Crippen molar-refractivity contribution in [3.05, 3.63) is 35.9 Å². The van der Waals surface area contributed by atoms with Gasteiger partial charge in [-0.3, -0.25) is 14.4 Å². The maximum atomic E-state index is 12.3. The molecule has 0 aliphatic rings. The molecule has 0 aliphatic carbocycles. The molecule has 6 nitrogen and oxygen atoms in total. The molecule has 2 amide bonds. The number of ether oxygens (including phenoxy) is 1. The third-order valence-corrected chi connectivity index (χ3v) is 3.61. The van der Waals surface area contributed by atoms with Crippen molar-refractivity contribution in [3.63, 3.8) is 0 Å². The highest BCUT2D eigenvalue weighted by molar-refractivity contribution is 5.91. The lowest BCUT2D eigenvalue weighted by molar-refractivity contribution is -0.145. The van der Waals surface area contributed by atoms with Gasteiger partial charge in [0.1, 0.15) is 6.04 Å². The van der Waals surface area contributed by atoms with Crippen molar-refractivity contribution in [1.29, 1.82) is 0 Å². The van der Waals surface area contributed by atoms with Gasteiger partial charge in [-0.1, -0.05) is 50.1 Å². The minimum absolute atomic E-state index is 0.156. The Labute approximate surface area is 149 Å². The van der Waals surface area contributed by atoms with Crippen LogP contribution in [0.5, 0.6) is 0 Å². The van der Waals surface area contributed by atoms with Gasteiger partial charge in [-0.15, -0.1) is 0 Å². The van der Waals surface area contributed by atoms with Gasteiger partial charge in [0.25, 0.3) is 0 Å². The zero-order valence-corrected chi connectivity index (χ0v) is 15.0. The van der Waals surface area contributed by atoms with Crippen molar-refractivity contribution in [3.8, 4) is 0 Å². The molecular weight excluding hydrogens is 320 g/mol. The van der Waals surface area contributed by atoms with Gasteiger partial charge < -0.3 is 15.4 Å². The normalized spacial score (nSPS) is 11.4. The number of carbonyl (C=O) groups is 3. The van der Waals surface area contributed by atoms with Crippen LogP contribution in [-0.2, 0) is 25.5 Å². The van der Waals surface area contributed by atoms with E-state index >= 15 is 0 Å². The standard InChI is InChI=1S/C19H28N2O4/c1-3-5-9-12-20-19(24)16(14-18(23)25-4-2)21-17(22)13-15-10-7-6-8-11-15/h6-8,10-11,16H,3-5,9,12-14H2,1-2H3,(H,20,24)(H,21,22). The molecular formula is C19H28N2O4. The molecule has 1 aromatic carbocycles. The maximum absolute atomic E-state index is 12.3. The number of amides is 2. The number of hydrogen-bond acceptors (Lipinski definition) is 4. The second kappa shape index (κ2) is 12.1. The van der Waals surface area contributed by atoms with Crippen LogP contribution in [0.1, 0.15) is 45.1 Å². The number of hydrogen-bond donors (Lipinski definition) is 2. The molecule has 2 N–H and O–H groups in total. The van der Waals surface area contributed by atoms with Crippen LogP contribution in [-0.4, -0.2) is 37.0 Å². The third kappa shape index (κ3) is 8.88. The van der Waals surface area contributed by atoms with E-state index in [9.17, 15) is 14.4 Å². The Hall–Kier alpha value is -2.37. The van der Waals surface area contributed by atoms with Crippen LogP contribution in [0.3, 0.4) is 0 Å². The summed E-state index contributed by atoms with van der Waals surface area (Å²) in [7, 11) is 0. The van der Waals surface area contributed by atoms with Crippen LogP contribution >= 0.6 is 0 Å². The molecule has 0 bridgehead atoms. The molecule has 138 valence electrons. The van der Waals surface area contributed by atoms with Crippen molar-refractivity contribution in [2.75, 3.05) is 13.2 Å². The first kappa shape index (κ1) is 20.7. The van der Waals surface area contributed by atoms with Crippen LogP contribution in [0.2, 0.25) is 0 Å². The number of unbranched alkanes of at least 4 members (excludes halogenated alkanes) is 2. The SMILES string of the molecule is CCCCCNC(=O)C(CC(=O)OCC)NC(=O)Cc1ccccc1. The Kier molecular flexibility index (Phi) is 9.97. The van der Waals surface area contributed by atoms with Gasteiger partial charge in [-0.2, -0.15) is 0 Å². The Bertz CT molecular complexity index is 546. The predicted molar refractivity (Wildman–Crippen MR) is 95.9 cm³/mol. The molecule has 1 aromatic rings. The molecule has 1 unspecified atom stereocenters. The second-order valence-electron chi connectivity index (χ2n) is 5.79. The molecule has 1 atom stereocenters. The van der Waals surface area contributed by atoms with Crippen molar-refractivity contribution >= 4 is 17.8 Å². The highest BCUT2D eigenvalue weighted by atomic mass is 16.5. The van der Waals surface area contributed by atoms with Gasteiger partial charge in [0.15, 0.2) is 0 Å². The van der Waals surface area contributed by atoms with E-state index in [1.807, 2.05) is 30.3 Å². The van der Waals surface area contributed by atoms with Gasteiger partial charge >= 0.3 is 5.97 Å². The molecule has 6 heteroatoms. The topological polar surface area (TPSA) is 84.5 Å². The summed E-state index contributed by atoms with van der Waals surface area (Å²) in [6, 6.07) is 8.32. The fourth-order valence-corrected chi connectivity index (χ4v) is 2.33. The average Bonchev–Trinajstić information content (AvgIpc) is 2.59. The van der Waals surface area contributed by atoms with Crippen LogP contribution in [0, 0.1) is 0 Å². The lowest BCUT2D eigenvalue weighted by atomic mass is 10.1. The van der Waals surface area contributed by atoms with E-state index in [1.165, 1.54) is 0 Å². The number of benzene rings is 1. The van der Waals surface area contributed by atoms with E-state index in [2.05, 4.69) is 17.6 Å². The van der Waals surface area contributed by atoms with Crippen LogP contribution in [0.15, 0.2) is 30.3 Å². The van der Waals surface area contributed by atoms with Crippen molar-refractivity contribution in [1.82, 2.24) is 10.6 Å². The fraction of sp³-hybridized carbons (Fsp3) is 0.526. The predicted octanol–water partition coefficient (Wildman–Crippen LogP) is 1.97. The Balaban J connectivity index is 2.61. The molecule has 0 aliphatic heterocycles. The zero-order chi connectivity index (χ0) is 18.5. The number of nitrogens with one attached hydrogen (secondary N) is 2. The number of esters is 1. The second-order valence-corrected chi connectivity index (χ2v) is 5.79. The molecule has 0 heterocycles. The first-order valence-electron chi connectivity index (χ1n) is 8.83. The molecule has 1 rings (SSSR count). The third-order valence-electron chi connectivity index (χ3n) is 3.61. The van der Waals surface area contributed by atoms with E-state index in [4.69, 9.17) is 4.74 Å². The monoisotopic (exact) mass is 348 g/mol. The molecule has 0 radical (unpaired) electrons. The Morgan fingerprint density at radius 1 is 1.08 bits per heavy atom. The quantitative estimate of drug-likeness (QED) is 0.473. The highest BCUT2D eigenvalue weighted by Crippen LogP contribution is 2.02. The van der Waals surface area contributed by atoms with E-state index in [0.717, 1.165) is 24.8 Å². The summed E-state index contributed by atoms with van der Waals surface area (Å²) >= 11 is 0. The van der Waals surface area contributed by atoms with Crippen molar-refractivity contribution in [2.24, 2.45) is 0 Å². The van der Waals surface area contributed by atoms with Gasteiger partial charge in [-0.25, -0.2) is 0 Å². The van der Waals surface area contributed by atoms with Crippen LogP contribution < -0.4 is 10.6 Å². The van der Waals surface area contributed by atoms with Crippen molar-refractivity contribution in [2.45, 2.75) is 52.0 Å². The summed E-state index contributed by atoms with van der Waals surface area (Å²) in [5, 5.41) is 5.42. The zero-order valence-electron chi connectivity index (χ0n) is 15.0. The molecule has 25 heavy (non-hydrogen) atoms. The van der Waals surface area contributed by atoms with Crippen LogP contribution in [0.25, 0.3) is 0 Å². The largest absolute Gasteiger partial charge is 0.466 e. The summed E-state index contributed by atoms with van der Waals surface area (Å²) in [6.45, 7) is 4.54. The van der Waals surface area contributed by atoms with E-state index < -0.39 is 12.0 Å². The minimum atomic E-state index is -0.920. The van der Waals surface area contributed by atoms with Gasteiger partial charge in [0.05, 0.1) is 19.4 Å². The van der Waals surface area contributed by atoms with Crippen molar-refractivity contribution < 1.29 is 19.1 Å². The average molecular weight is 348 g/mol. The van der Waals surface area contributed by atoms with Gasteiger partial charge in [-0.05, 0) is 18.9 Å². The maximum Gasteiger partial charge on any atom is 0.308 e. The molecule has 0 saturated carbocycles. The molecule has 0 spiro atoms. The van der Waals surface area contributed by atoms with Gasteiger partial charge in [0.2, 0.25) is 11.8 Å². The number of carbonyl (C=O) groups excluding carboxylic acids is 3. The Morgan fingerprint density at radius 3 is 2.44 bits per heavy atom. The fourth-order valence-electron chi connectivity index (χ4n) is 2.33.